The molecule has 0 aliphatic carbocycles. The van der Waals surface area contributed by atoms with Gasteiger partial charge in [0, 0.05) is 13.5 Å². The van der Waals surface area contributed by atoms with Gasteiger partial charge >= 0.3 is 0 Å². The van der Waals surface area contributed by atoms with Crippen molar-refractivity contribution in [1.29, 1.82) is 0 Å². The van der Waals surface area contributed by atoms with E-state index in [2.05, 4.69) is 36.2 Å². The van der Waals surface area contributed by atoms with Gasteiger partial charge in [0.2, 0.25) is 0 Å². The van der Waals surface area contributed by atoms with Gasteiger partial charge in [-0.2, -0.15) is 5.10 Å². The maximum atomic E-state index is 4.48. The highest BCUT2D eigenvalue weighted by Crippen LogP contribution is 2.04. The molecule has 0 aromatic carbocycles. The van der Waals surface area contributed by atoms with Crippen LogP contribution in [0, 0.1) is 5.92 Å². The third-order valence-electron chi connectivity index (χ3n) is 2.02. The van der Waals surface area contributed by atoms with Crippen molar-refractivity contribution < 1.29 is 0 Å². The van der Waals surface area contributed by atoms with E-state index in [1.807, 2.05) is 11.7 Å². The molecule has 4 heteroatoms. The van der Waals surface area contributed by atoms with Crippen LogP contribution in [0.5, 0.6) is 0 Å². The minimum atomic E-state index is 0.615. The van der Waals surface area contributed by atoms with Gasteiger partial charge in [-0.1, -0.05) is 20.8 Å². The number of aryl methyl sites for hydroxylation is 1. The Hall–Kier alpha value is -0.900. The van der Waals surface area contributed by atoms with Gasteiger partial charge in [-0.3, -0.25) is 4.68 Å². The Morgan fingerprint density at radius 3 is 2.71 bits per heavy atom. The molecule has 14 heavy (non-hydrogen) atoms. The zero-order valence-electron chi connectivity index (χ0n) is 9.54. The van der Waals surface area contributed by atoms with Crippen molar-refractivity contribution in [2.24, 2.45) is 13.0 Å². The second-order valence-corrected chi connectivity index (χ2v) is 3.95. The number of hydrogen-bond acceptors (Lipinski definition) is 3. The van der Waals surface area contributed by atoms with Crippen molar-refractivity contribution in [2.75, 3.05) is 6.54 Å². The maximum absolute atomic E-state index is 4.48. The average Bonchev–Trinajstić information content (AvgIpc) is 2.41. The molecule has 0 saturated heterocycles. The van der Waals surface area contributed by atoms with Crippen LogP contribution in [0.4, 0.5) is 0 Å². The average molecular weight is 196 g/mol. The molecule has 1 aromatic rings. The molecule has 1 N–H and O–H groups in total. The zero-order chi connectivity index (χ0) is 10.6. The second-order valence-electron chi connectivity index (χ2n) is 3.95. The summed E-state index contributed by atoms with van der Waals surface area (Å²) in [5, 5.41) is 7.62. The molecule has 0 atom stereocenters. The third kappa shape index (κ3) is 3.10. The first-order chi connectivity index (χ1) is 6.63. The fourth-order valence-corrected chi connectivity index (χ4v) is 1.32. The van der Waals surface area contributed by atoms with Crippen LogP contribution in [-0.2, 0) is 20.0 Å². The van der Waals surface area contributed by atoms with Crippen LogP contribution in [-0.4, -0.2) is 21.3 Å². The highest BCUT2D eigenvalue weighted by molar-refractivity contribution is 4.93. The molecule has 0 aliphatic heterocycles. The lowest BCUT2D eigenvalue weighted by atomic mass is 10.1. The second kappa shape index (κ2) is 5.10. The minimum absolute atomic E-state index is 0.615. The van der Waals surface area contributed by atoms with Crippen molar-refractivity contribution in [2.45, 2.75) is 33.7 Å². The third-order valence-corrected chi connectivity index (χ3v) is 2.02. The quantitative estimate of drug-likeness (QED) is 0.767. The molecular weight excluding hydrogens is 176 g/mol. The molecule has 0 aliphatic rings. The Morgan fingerprint density at radius 1 is 1.43 bits per heavy atom. The molecule has 1 rings (SSSR count). The maximum Gasteiger partial charge on any atom is 0.151 e. The van der Waals surface area contributed by atoms with Crippen molar-refractivity contribution >= 4 is 0 Å². The highest BCUT2D eigenvalue weighted by atomic mass is 15.3. The summed E-state index contributed by atoms with van der Waals surface area (Å²) in [6.45, 7) is 8.22. The van der Waals surface area contributed by atoms with E-state index in [4.69, 9.17) is 0 Å². The van der Waals surface area contributed by atoms with Crippen LogP contribution in [0.15, 0.2) is 0 Å². The first-order valence-electron chi connectivity index (χ1n) is 5.23. The summed E-state index contributed by atoms with van der Waals surface area (Å²) in [6.07, 6.45) is 0.958. The molecule has 80 valence electrons. The Kier molecular flexibility index (Phi) is 4.07. The Balaban J connectivity index is 2.62. The number of rotatable bonds is 5. The van der Waals surface area contributed by atoms with Gasteiger partial charge in [-0.25, -0.2) is 4.98 Å². The molecular formula is C10H20N4. The Bertz CT molecular complexity index is 278. The van der Waals surface area contributed by atoms with Crippen molar-refractivity contribution in [3.63, 3.8) is 0 Å². The standard InChI is InChI=1S/C10H20N4/c1-5-11-7-10-12-9(6-8(2)3)13-14(10)4/h8,11H,5-7H2,1-4H3. The molecule has 0 spiro atoms. The van der Waals surface area contributed by atoms with Crippen LogP contribution in [0.3, 0.4) is 0 Å². The summed E-state index contributed by atoms with van der Waals surface area (Å²) in [6, 6.07) is 0. The van der Waals surface area contributed by atoms with Gasteiger partial charge in [0.25, 0.3) is 0 Å². The summed E-state index contributed by atoms with van der Waals surface area (Å²) >= 11 is 0. The fraction of sp³-hybridized carbons (Fsp3) is 0.800. The predicted molar refractivity (Wildman–Crippen MR) is 56.9 cm³/mol. The Labute approximate surface area is 85.7 Å². The minimum Gasteiger partial charge on any atom is -0.310 e. The fourth-order valence-electron chi connectivity index (χ4n) is 1.32. The normalized spacial score (nSPS) is 11.2. The van der Waals surface area contributed by atoms with E-state index in [0.717, 1.165) is 31.2 Å². The number of nitrogens with zero attached hydrogens (tertiary/aromatic N) is 3. The van der Waals surface area contributed by atoms with Gasteiger partial charge in [0.15, 0.2) is 5.82 Å². The van der Waals surface area contributed by atoms with Crippen molar-refractivity contribution in [3.8, 4) is 0 Å². The van der Waals surface area contributed by atoms with Crippen LogP contribution in [0.1, 0.15) is 32.4 Å². The summed E-state index contributed by atoms with van der Waals surface area (Å²) < 4.78 is 1.86. The van der Waals surface area contributed by atoms with E-state index < -0.39 is 0 Å². The largest absolute Gasteiger partial charge is 0.310 e. The first-order valence-corrected chi connectivity index (χ1v) is 5.23. The number of aromatic nitrogens is 3. The van der Waals surface area contributed by atoms with Crippen LogP contribution in [0.25, 0.3) is 0 Å². The summed E-state index contributed by atoms with van der Waals surface area (Å²) in [7, 11) is 1.95. The van der Waals surface area contributed by atoms with Crippen molar-refractivity contribution in [1.82, 2.24) is 20.1 Å². The van der Waals surface area contributed by atoms with Crippen LogP contribution >= 0.6 is 0 Å². The van der Waals surface area contributed by atoms with E-state index in [9.17, 15) is 0 Å². The van der Waals surface area contributed by atoms with Gasteiger partial charge in [0.05, 0.1) is 6.54 Å². The lowest BCUT2D eigenvalue weighted by molar-refractivity contribution is 0.608. The van der Waals surface area contributed by atoms with Gasteiger partial charge in [-0.05, 0) is 12.5 Å². The summed E-state index contributed by atoms with van der Waals surface area (Å²) in [4.78, 5) is 4.48. The molecule has 1 aromatic heterocycles. The lowest BCUT2D eigenvalue weighted by Crippen LogP contribution is -2.15. The van der Waals surface area contributed by atoms with E-state index in [-0.39, 0.29) is 0 Å². The van der Waals surface area contributed by atoms with E-state index in [1.165, 1.54) is 0 Å². The van der Waals surface area contributed by atoms with Crippen LogP contribution in [0.2, 0.25) is 0 Å². The molecule has 0 saturated carbocycles. The monoisotopic (exact) mass is 196 g/mol. The van der Waals surface area contributed by atoms with Crippen molar-refractivity contribution in [3.05, 3.63) is 11.6 Å². The summed E-state index contributed by atoms with van der Waals surface area (Å²) in [5.41, 5.74) is 0. The number of hydrogen-bond donors (Lipinski definition) is 1. The topological polar surface area (TPSA) is 42.7 Å². The number of nitrogens with one attached hydrogen (secondary N) is 1. The lowest BCUT2D eigenvalue weighted by Gasteiger charge is -1.98. The van der Waals surface area contributed by atoms with Gasteiger partial charge in [-0.15, -0.1) is 0 Å². The highest BCUT2D eigenvalue weighted by Gasteiger charge is 2.07. The van der Waals surface area contributed by atoms with E-state index in [0.29, 0.717) is 5.92 Å². The predicted octanol–water partition coefficient (Wildman–Crippen LogP) is 1.12. The van der Waals surface area contributed by atoms with E-state index in [1.54, 1.807) is 0 Å². The molecule has 1 heterocycles. The molecule has 0 radical (unpaired) electrons. The van der Waals surface area contributed by atoms with Crippen LogP contribution < -0.4 is 5.32 Å². The van der Waals surface area contributed by atoms with Gasteiger partial charge < -0.3 is 5.32 Å². The zero-order valence-corrected chi connectivity index (χ0v) is 9.54. The molecule has 0 amide bonds. The SMILES string of the molecule is CCNCc1nc(CC(C)C)nn1C. The molecule has 0 bridgehead atoms. The summed E-state index contributed by atoms with van der Waals surface area (Å²) in [5.74, 6) is 2.59. The smallest absolute Gasteiger partial charge is 0.151 e. The molecule has 0 unspecified atom stereocenters. The van der Waals surface area contributed by atoms with Gasteiger partial charge in [0.1, 0.15) is 5.82 Å². The molecule has 0 fully saturated rings. The molecule has 4 nitrogen and oxygen atoms in total. The first kappa shape index (κ1) is 11.2. The Morgan fingerprint density at radius 2 is 2.14 bits per heavy atom. The van der Waals surface area contributed by atoms with E-state index >= 15 is 0 Å².